The molecule has 0 radical (unpaired) electrons. The first-order chi connectivity index (χ1) is 9.68. The maximum Gasteiger partial charge on any atom is 0.418 e. The van der Waals surface area contributed by atoms with Gasteiger partial charge in [0.25, 0.3) is 0 Å². The molecule has 114 valence electrons. The standard InChI is InChI=1S/C13H11BrF3NO2S/c1-7(19)21-9-5-12(20)18(6-9)11-3-2-8(14)4-10(11)13(15,16)17/h2-4,9H,5-6H2,1H3. The van der Waals surface area contributed by atoms with E-state index in [0.29, 0.717) is 4.47 Å². The van der Waals surface area contributed by atoms with Crippen LogP contribution in [0.15, 0.2) is 22.7 Å². The Hall–Kier alpha value is -1.02. The van der Waals surface area contributed by atoms with Crippen molar-refractivity contribution in [2.24, 2.45) is 0 Å². The van der Waals surface area contributed by atoms with Crippen molar-refractivity contribution in [3.8, 4) is 0 Å². The number of nitrogens with zero attached hydrogens (tertiary/aromatic N) is 1. The third-order valence-corrected chi connectivity index (χ3v) is 4.45. The quantitative estimate of drug-likeness (QED) is 0.780. The van der Waals surface area contributed by atoms with Gasteiger partial charge in [0.1, 0.15) is 0 Å². The zero-order chi connectivity index (χ0) is 15.8. The van der Waals surface area contributed by atoms with Crippen LogP contribution in [0, 0.1) is 0 Å². The molecular weight excluding hydrogens is 371 g/mol. The number of hydrogen-bond acceptors (Lipinski definition) is 3. The smallest absolute Gasteiger partial charge is 0.311 e. The van der Waals surface area contributed by atoms with Gasteiger partial charge in [-0.3, -0.25) is 9.59 Å². The second-order valence-electron chi connectivity index (χ2n) is 4.60. The summed E-state index contributed by atoms with van der Waals surface area (Å²) in [5.41, 5.74) is -1.03. The minimum Gasteiger partial charge on any atom is -0.311 e. The van der Waals surface area contributed by atoms with Crippen LogP contribution in [0.5, 0.6) is 0 Å². The van der Waals surface area contributed by atoms with Crippen LogP contribution in [0.3, 0.4) is 0 Å². The van der Waals surface area contributed by atoms with Crippen molar-refractivity contribution in [3.63, 3.8) is 0 Å². The maximum absolute atomic E-state index is 13.1. The van der Waals surface area contributed by atoms with Crippen LogP contribution in [0.25, 0.3) is 0 Å². The zero-order valence-electron chi connectivity index (χ0n) is 10.9. The molecular formula is C13H11BrF3NO2S. The van der Waals surface area contributed by atoms with Gasteiger partial charge in [-0.1, -0.05) is 27.7 Å². The van der Waals surface area contributed by atoms with Crippen molar-refractivity contribution in [1.82, 2.24) is 0 Å². The Balaban J connectivity index is 2.34. The van der Waals surface area contributed by atoms with Gasteiger partial charge in [-0.15, -0.1) is 0 Å². The van der Waals surface area contributed by atoms with Crippen LogP contribution in [0.2, 0.25) is 0 Å². The van der Waals surface area contributed by atoms with Gasteiger partial charge in [-0.2, -0.15) is 13.2 Å². The predicted octanol–water partition coefficient (Wildman–Crippen LogP) is 3.85. The molecule has 1 amide bonds. The molecule has 3 nitrogen and oxygen atoms in total. The number of amides is 1. The van der Waals surface area contributed by atoms with Gasteiger partial charge in [0.05, 0.1) is 11.3 Å². The van der Waals surface area contributed by atoms with E-state index in [0.717, 1.165) is 22.7 Å². The SMILES string of the molecule is CC(=O)SC1CC(=O)N(c2ccc(Br)cc2C(F)(F)F)C1. The summed E-state index contributed by atoms with van der Waals surface area (Å²) in [7, 11) is 0. The highest BCUT2D eigenvalue weighted by molar-refractivity contribution is 9.10. The molecule has 0 spiro atoms. The third-order valence-electron chi connectivity index (χ3n) is 2.98. The molecule has 1 heterocycles. The maximum atomic E-state index is 13.1. The van der Waals surface area contributed by atoms with Gasteiger partial charge in [0, 0.05) is 29.6 Å². The topological polar surface area (TPSA) is 37.4 Å². The molecule has 0 N–H and O–H groups in total. The number of rotatable bonds is 2. The van der Waals surface area contributed by atoms with Crippen LogP contribution in [0.1, 0.15) is 18.9 Å². The van der Waals surface area contributed by atoms with Crippen LogP contribution in [-0.4, -0.2) is 22.8 Å². The van der Waals surface area contributed by atoms with Gasteiger partial charge in [-0.05, 0) is 18.2 Å². The average Bonchev–Trinajstić information content (AvgIpc) is 2.68. The fraction of sp³-hybridized carbons (Fsp3) is 0.385. The summed E-state index contributed by atoms with van der Waals surface area (Å²) < 4.78 is 39.6. The van der Waals surface area contributed by atoms with Crippen molar-refractivity contribution in [2.45, 2.75) is 24.8 Å². The number of halogens is 4. The van der Waals surface area contributed by atoms with Gasteiger partial charge in [0.2, 0.25) is 5.91 Å². The minimum absolute atomic E-state index is 0.0671. The number of benzene rings is 1. The highest BCUT2D eigenvalue weighted by Crippen LogP contribution is 2.40. The summed E-state index contributed by atoms with van der Waals surface area (Å²) in [5.74, 6) is -0.401. The molecule has 21 heavy (non-hydrogen) atoms. The lowest BCUT2D eigenvalue weighted by Gasteiger charge is -2.21. The number of hydrogen-bond donors (Lipinski definition) is 0. The lowest BCUT2D eigenvalue weighted by molar-refractivity contribution is -0.137. The Bertz CT molecular complexity index is 591. The molecule has 1 unspecified atom stereocenters. The third kappa shape index (κ3) is 3.79. The first kappa shape index (κ1) is 16.4. The zero-order valence-corrected chi connectivity index (χ0v) is 13.3. The molecule has 1 aliphatic rings. The fourth-order valence-corrected chi connectivity index (χ4v) is 3.47. The molecule has 0 bridgehead atoms. The van der Waals surface area contributed by atoms with Crippen molar-refractivity contribution >= 4 is 44.4 Å². The molecule has 1 aromatic rings. The number of anilines is 1. The minimum atomic E-state index is -4.55. The van der Waals surface area contributed by atoms with Gasteiger partial charge >= 0.3 is 6.18 Å². The summed E-state index contributed by atoms with van der Waals surface area (Å²) >= 11 is 3.99. The number of carbonyl (C=O) groups excluding carboxylic acids is 2. The molecule has 1 saturated heterocycles. The van der Waals surface area contributed by atoms with E-state index in [4.69, 9.17) is 0 Å². The van der Waals surface area contributed by atoms with E-state index in [1.165, 1.54) is 19.1 Å². The van der Waals surface area contributed by atoms with E-state index in [2.05, 4.69) is 15.9 Å². The highest BCUT2D eigenvalue weighted by atomic mass is 79.9. The second-order valence-corrected chi connectivity index (χ2v) is 6.99. The lowest BCUT2D eigenvalue weighted by atomic mass is 10.1. The average molecular weight is 382 g/mol. The van der Waals surface area contributed by atoms with E-state index in [-0.39, 0.29) is 29.0 Å². The largest absolute Gasteiger partial charge is 0.418 e. The summed E-state index contributed by atoms with van der Waals surface area (Å²) in [5, 5.41) is -0.457. The first-order valence-corrected chi connectivity index (χ1v) is 7.70. The fourth-order valence-electron chi connectivity index (χ4n) is 2.19. The lowest BCUT2D eigenvalue weighted by Crippen LogP contribution is -2.27. The van der Waals surface area contributed by atoms with E-state index >= 15 is 0 Å². The summed E-state index contributed by atoms with van der Waals surface area (Å²) in [6.45, 7) is 1.48. The van der Waals surface area contributed by atoms with Crippen LogP contribution in [-0.2, 0) is 15.8 Å². The molecule has 1 aromatic carbocycles. The first-order valence-electron chi connectivity index (χ1n) is 6.03. The van der Waals surface area contributed by atoms with Crippen LogP contribution in [0.4, 0.5) is 18.9 Å². The normalized spacial score (nSPS) is 19.2. The van der Waals surface area contributed by atoms with E-state index in [1.54, 1.807) is 0 Å². The molecule has 8 heteroatoms. The monoisotopic (exact) mass is 381 g/mol. The highest BCUT2D eigenvalue weighted by Gasteiger charge is 2.39. The molecule has 1 aliphatic heterocycles. The predicted molar refractivity (Wildman–Crippen MR) is 78.2 cm³/mol. The molecule has 0 aliphatic carbocycles. The van der Waals surface area contributed by atoms with E-state index in [1.807, 2.05) is 0 Å². The Kier molecular flexibility index (Phi) is 4.67. The number of alkyl halides is 3. The van der Waals surface area contributed by atoms with Gasteiger partial charge in [0.15, 0.2) is 5.12 Å². The van der Waals surface area contributed by atoms with E-state index in [9.17, 15) is 22.8 Å². The molecule has 1 atom stereocenters. The summed E-state index contributed by atoms with van der Waals surface area (Å²) in [4.78, 5) is 24.1. The molecule has 0 saturated carbocycles. The Morgan fingerprint density at radius 2 is 2.10 bits per heavy atom. The van der Waals surface area contributed by atoms with Gasteiger partial charge in [-0.25, -0.2) is 0 Å². The van der Waals surface area contributed by atoms with Crippen molar-refractivity contribution in [2.75, 3.05) is 11.4 Å². The molecule has 0 aromatic heterocycles. The Morgan fingerprint density at radius 3 is 2.67 bits per heavy atom. The second kappa shape index (κ2) is 6.00. The van der Waals surface area contributed by atoms with Crippen LogP contribution < -0.4 is 4.90 Å². The molecule has 2 rings (SSSR count). The van der Waals surface area contributed by atoms with Crippen molar-refractivity contribution in [1.29, 1.82) is 0 Å². The Morgan fingerprint density at radius 1 is 1.43 bits per heavy atom. The molecule has 1 fully saturated rings. The van der Waals surface area contributed by atoms with Crippen molar-refractivity contribution in [3.05, 3.63) is 28.2 Å². The summed E-state index contributed by atoms with van der Waals surface area (Å²) in [6.07, 6.45) is -4.48. The van der Waals surface area contributed by atoms with E-state index < -0.39 is 17.6 Å². The van der Waals surface area contributed by atoms with Crippen molar-refractivity contribution < 1.29 is 22.8 Å². The Labute approximate surface area is 132 Å². The van der Waals surface area contributed by atoms with Gasteiger partial charge < -0.3 is 4.90 Å². The summed E-state index contributed by atoms with van der Waals surface area (Å²) in [6, 6.07) is 3.68. The number of thioether (sulfide) groups is 1. The van der Waals surface area contributed by atoms with Crippen LogP contribution >= 0.6 is 27.7 Å². The number of carbonyl (C=O) groups is 2.